The van der Waals surface area contributed by atoms with Crippen molar-refractivity contribution in [1.29, 1.82) is 0 Å². The zero-order valence-corrected chi connectivity index (χ0v) is 8.73. The van der Waals surface area contributed by atoms with E-state index in [0.717, 1.165) is 13.8 Å². The normalized spacial score (nSPS) is 15.1. The van der Waals surface area contributed by atoms with Gasteiger partial charge in [-0.25, -0.2) is 0 Å². The van der Waals surface area contributed by atoms with E-state index < -0.39 is 23.5 Å². The first-order valence-electron chi connectivity index (χ1n) is 4.38. The summed E-state index contributed by atoms with van der Waals surface area (Å²) in [4.78, 5) is 11.1. The fourth-order valence-corrected chi connectivity index (χ4v) is 0.807. The number of carbonyl (C=O) groups is 1. The summed E-state index contributed by atoms with van der Waals surface area (Å²) in [5.41, 5.74) is -2.06. The van der Waals surface area contributed by atoms with Gasteiger partial charge in [-0.3, -0.25) is 4.79 Å². The van der Waals surface area contributed by atoms with Gasteiger partial charge in [-0.2, -0.15) is 13.2 Å². The topological polar surface area (TPSA) is 26.3 Å². The van der Waals surface area contributed by atoms with Gasteiger partial charge in [0, 0.05) is 0 Å². The molecule has 14 heavy (non-hydrogen) atoms. The van der Waals surface area contributed by atoms with Crippen molar-refractivity contribution >= 4 is 5.97 Å². The Kier molecular flexibility index (Phi) is 3.97. The van der Waals surface area contributed by atoms with Gasteiger partial charge in [-0.15, -0.1) is 0 Å². The summed E-state index contributed by atoms with van der Waals surface area (Å²) in [7, 11) is 0. The lowest BCUT2D eigenvalue weighted by molar-refractivity contribution is -0.231. The van der Waals surface area contributed by atoms with E-state index in [1.165, 1.54) is 6.92 Å². The molecule has 0 aromatic carbocycles. The number of halogens is 3. The second-order valence-electron chi connectivity index (χ2n) is 3.69. The summed E-state index contributed by atoms with van der Waals surface area (Å²) in [6.45, 7) is 4.87. The van der Waals surface area contributed by atoms with Crippen LogP contribution < -0.4 is 0 Å². The van der Waals surface area contributed by atoms with Gasteiger partial charge in [0.05, 0.1) is 17.9 Å². The third-order valence-electron chi connectivity index (χ3n) is 2.45. The van der Waals surface area contributed by atoms with Crippen molar-refractivity contribution in [3.63, 3.8) is 0 Å². The van der Waals surface area contributed by atoms with Gasteiger partial charge in [0.1, 0.15) is 0 Å². The summed E-state index contributed by atoms with van der Waals surface area (Å²) >= 11 is 0. The van der Waals surface area contributed by atoms with E-state index in [1.807, 2.05) is 0 Å². The predicted molar refractivity (Wildman–Crippen MR) is 45.6 cm³/mol. The van der Waals surface area contributed by atoms with E-state index in [0.29, 0.717) is 0 Å². The maximum Gasteiger partial charge on any atom is 0.394 e. The molecule has 0 fully saturated rings. The molecule has 2 nitrogen and oxygen atoms in total. The number of ether oxygens (including phenoxy) is 1. The molecular weight excluding hydrogens is 197 g/mol. The van der Waals surface area contributed by atoms with E-state index in [9.17, 15) is 18.0 Å². The van der Waals surface area contributed by atoms with Gasteiger partial charge in [0.25, 0.3) is 0 Å². The summed E-state index contributed by atoms with van der Waals surface area (Å²) in [5.74, 6) is -2.00. The quantitative estimate of drug-likeness (QED) is 0.672. The molecule has 0 radical (unpaired) electrons. The van der Waals surface area contributed by atoms with E-state index in [4.69, 9.17) is 0 Å². The lowest BCUT2D eigenvalue weighted by Crippen LogP contribution is -2.42. The van der Waals surface area contributed by atoms with E-state index in [2.05, 4.69) is 4.74 Å². The van der Waals surface area contributed by atoms with Crippen LogP contribution in [0.4, 0.5) is 13.2 Å². The molecule has 1 atom stereocenters. The molecule has 0 aromatic rings. The van der Waals surface area contributed by atoms with Crippen LogP contribution in [-0.4, -0.2) is 18.8 Å². The zero-order valence-electron chi connectivity index (χ0n) is 8.73. The van der Waals surface area contributed by atoms with Crippen LogP contribution in [0.25, 0.3) is 0 Å². The molecule has 0 bridgehead atoms. The lowest BCUT2D eigenvalue weighted by atomic mass is 9.79. The Balaban J connectivity index is 4.66. The fourth-order valence-electron chi connectivity index (χ4n) is 0.807. The smallest absolute Gasteiger partial charge is 0.394 e. The van der Waals surface area contributed by atoms with Crippen LogP contribution in [0.1, 0.15) is 27.7 Å². The molecule has 5 heteroatoms. The van der Waals surface area contributed by atoms with Gasteiger partial charge in [-0.05, 0) is 6.92 Å². The molecule has 0 aliphatic carbocycles. The standard InChI is InChI=1S/C9H15F3O2/c1-5-14-7(13)6(2)8(3,4)9(10,11)12/h6H,5H2,1-4H3. The molecule has 0 spiro atoms. The van der Waals surface area contributed by atoms with Crippen molar-refractivity contribution in [3.05, 3.63) is 0 Å². The van der Waals surface area contributed by atoms with Crippen LogP contribution in [-0.2, 0) is 9.53 Å². The van der Waals surface area contributed by atoms with Gasteiger partial charge in [0.15, 0.2) is 0 Å². The molecule has 0 heterocycles. The van der Waals surface area contributed by atoms with Crippen molar-refractivity contribution in [2.75, 3.05) is 6.61 Å². The van der Waals surface area contributed by atoms with Crippen LogP contribution in [0.3, 0.4) is 0 Å². The second-order valence-corrected chi connectivity index (χ2v) is 3.69. The van der Waals surface area contributed by atoms with Gasteiger partial charge < -0.3 is 4.74 Å². The highest BCUT2D eigenvalue weighted by molar-refractivity contribution is 5.73. The van der Waals surface area contributed by atoms with Crippen LogP contribution in [0.5, 0.6) is 0 Å². The fraction of sp³-hybridized carbons (Fsp3) is 0.889. The first-order valence-corrected chi connectivity index (χ1v) is 4.38. The van der Waals surface area contributed by atoms with Crippen LogP contribution >= 0.6 is 0 Å². The molecule has 0 aliphatic rings. The summed E-state index contributed by atoms with van der Waals surface area (Å²) < 4.78 is 42.0. The molecular formula is C9H15F3O2. The number of alkyl halides is 3. The first kappa shape index (κ1) is 13.3. The van der Waals surface area contributed by atoms with Crippen molar-refractivity contribution in [2.45, 2.75) is 33.9 Å². The van der Waals surface area contributed by atoms with Crippen molar-refractivity contribution < 1.29 is 22.7 Å². The highest BCUT2D eigenvalue weighted by Crippen LogP contribution is 2.43. The maximum absolute atomic E-state index is 12.5. The maximum atomic E-state index is 12.5. The molecule has 0 amide bonds. The Morgan fingerprint density at radius 3 is 2.07 bits per heavy atom. The Hall–Kier alpha value is -0.740. The third-order valence-corrected chi connectivity index (χ3v) is 2.45. The van der Waals surface area contributed by atoms with Gasteiger partial charge in [0.2, 0.25) is 0 Å². The number of hydrogen-bond donors (Lipinski definition) is 0. The Morgan fingerprint density at radius 2 is 1.79 bits per heavy atom. The lowest BCUT2D eigenvalue weighted by Gasteiger charge is -2.32. The number of esters is 1. The van der Waals surface area contributed by atoms with E-state index in [-0.39, 0.29) is 6.61 Å². The van der Waals surface area contributed by atoms with Crippen molar-refractivity contribution in [1.82, 2.24) is 0 Å². The minimum absolute atomic E-state index is 0.0944. The zero-order chi connectivity index (χ0) is 11.6. The second kappa shape index (κ2) is 4.19. The number of carbonyl (C=O) groups excluding carboxylic acids is 1. The van der Waals surface area contributed by atoms with E-state index in [1.54, 1.807) is 6.92 Å². The van der Waals surface area contributed by atoms with Gasteiger partial charge >= 0.3 is 12.1 Å². The van der Waals surface area contributed by atoms with Crippen LogP contribution in [0.15, 0.2) is 0 Å². The summed E-state index contributed by atoms with van der Waals surface area (Å²) in [6, 6.07) is 0. The third kappa shape index (κ3) is 2.62. The SMILES string of the molecule is CCOC(=O)C(C)C(C)(C)C(F)(F)F. The summed E-state index contributed by atoms with van der Waals surface area (Å²) in [5, 5.41) is 0. The number of rotatable bonds is 3. The van der Waals surface area contributed by atoms with E-state index >= 15 is 0 Å². The van der Waals surface area contributed by atoms with Gasteiger partial charge in [-0.1, -0.05) is 20.8 Å². The minimum atomic E-state index is -4.40. The van der Waals surface area contributed by atoms with Crippen LogP contribution in [0.2, 0.25) is 0 Å². The van der Waals surface area contributed by atoms with Crippen LogP contribution in [0, 0.1) is 11.3 Å². The number of hydrogen-bond acceptors (Lipinski definition) is 2. The average Bonchev–Trinajstić information content (AvgIpc) is 2.01. The largest absolute Gasteiger partial charge is 0.466 e. The van der Waals surface area contributed by atoms with Crippen molar-refractivity contribution in [3.8, 4) is 0 Å². The minimum Gasteiger partial charge on any atom is -0.466 e. The average molecular weight is 212 g/mol. The Bertz CT molecular complexity index is 209. The molecule has 0 saturated carbocycles. The molecule has 0 N–H and O–H groups in total. The summed E-state index contributed by atoms with van der Waals surface area (Å²) in [6.07, 6.45) is -4.40. The molecule has 0 saturated heterocycles. The highest BCUT2D eigenvalue weighted by atomic mass is 19.4. The Morgan fingerprint density at radius 1 is 1.36 bits per heavy atom. The van der Waals surface area contributed by atoms with Crippen molar-refractivity contribution in [2.24, 2.45) is 11.3 Å². The first-order chi connectivity index (χ1) is 6.14. The molecule has 0 rings (SSSR count). The highest BCUT2D eigenvalue weighted by Gasteiger charge is 2.53. The molecule has 1 unspecified atom stereocenters. The molecule has 0 aromatic heterocycles. The molecule has 0 aliphatic heterocycles. The Labute approximate surface area is 81.4 Å². The molecule has 84 valence electrons. The predicted octanol–water partition coefficient (Wildman–Crippen LogP) is 2.77. The monoisotopic (exact) mass is 212 g/mol.